The van der Waals surface area contributed by atoms with Crippen LogP contribution < -0.4 is 14.4 Å². The van der Waals surface area contributed by atoms with Crippen LogP contribution in [0.25, 0.3) is 24.3 Å². The lowest BCUT2D eigenvalue weighted by Crippen LogP contribution is -2.16. The second kappa shape index (κ2) is 18.6. The molecule has 0 unspecified atom stereocenters. The summed E-state index contributed by atoms with van der Waals surface area (Å²) in [7, 11) is 1.67. The molecular weight excluding hydrogens is 642 g/mol. The molecule has 0 aliphatic heterocycles. The van der Waals surface area contributed by atoms with E-state index in [9.17, 15) is 9.59 Å². The van der Waals surface area contributed by atoms with E-state index >= 15 is 0 Å². The van der Waals surface area contributed by atoms with E-state index in [1.165, 1.54) is 12.5 Å². The average Bonchev–Trinajstić information content (AvgIpc) is 3.15. The second-order valence-electron chi connectivity index (χ2n) is 11.5. The molecule has 0 aliphatic rings. The van der Waals surface area contributed by atoms with Crippen molar-refractivity contribution in [2.24, 2.45) is 0 Å². The summed E-state index contributed by atoms with van der Waals surface area (Å²) < 4.78 is 25.7. The molecule has 0 radical (unpaired) electrons. The predicted molar refractivity (Wildman–Crippen MR) is 203 cm³/mol. The van der Waals surface area contributed by atoms with Crippen molar-refractivity contribution >= 4 is 53.5 Å². The molecule has 0 aliphatic carbocycles. The molecule has 0 bridgehead atoms. The van der Waals surface area contributed by atoms with Gasteiger partial charge in [0.05, 0.1) is 20.3 Å². The Bertz CT molecular complexity index is 1910. The molecule has 5 aromatic rings. The number of anilines is 3. The van der Waals surface area contributed by atoms with Gasteiger partial charge in [0.1, 0.15) is 24.7 Å². The molecule has 5 aromatic carbocycles. The van der Waals surface area contributed by atoms with Gasteiger partial charge in [-0.2, -0.15) is 0 Å². The highest BCUT2D eigenvalue weighted by molar-refractivity contribution is 5.79. The maximum absolute atomic E-state index is 12.1. The van der Waals surface area contributed by atoms with Gasteiger partial charge in [0, 0.05) is 24.0 Å². The van der Waals surface area contributed by atoms with E-state index < -0.39 is 6.16 Å². The first kappa shape index (κ1) is 36.2. The van der Waals surface area contributed by atoms with Crippen LogP contribution in [0.15, 0.2) is 121 Å². The summed E-state index contributed by atoms with van der Waals surface area (Å²) in [4.78, 5) is 25.1. The molecule has 0 fully saturated rings. The summed E-state index contributed by atoms with van der Waals surface area (Å²) in [6.07, 6.45) is 7.33. The summed E-state index contributed by atoms with van der Waals surface area (Å²) >= 11 is 0. The zero-order chi connectivity index (χ0) is 35.8. The smallest absolute Gasteiger partial charge is 0.497 e. The van der Waals surface area contributed by atoms with Crippen LogP contribution in [0.4, 0.5) is 21.9 Å². The first-order valence-electron chi connectivity index (χ1n) is 16.6. The molecule has 51 heavy (non-hydrogen) atoms. The fourth-order valence-electron chi connectivity index (χ4n) is 5.05. The molecule has 0 N–H and O–H groups in total. The molecule has 0 heterocycles. The minimum atomic E-state index is -0.826. The van der Waals surface area contributed by atoms with Gasteiger partial charge in [0.25, 0.3) is 0 Å². The van der Waals surface area contributed by atoms with Crippen LogP contribution in [0.3, 0.4) is 0 Å². The standard InChI is InChI=1S/C43H41NO7/c1-32-7-19-38(20-8-32)44(39-21-13-34(14-22-39)9-10-36-17-25-41(47-3)26-18-36)40-23-15-35(16-24-40)11-12-37-5-4-6-42(31-37)51-43(46)50-30-28-48-27-29-49-33(2)45/h4-26,31H,27-30H2,1-3H3/b10-9+,12-11+. The van der Waals surface area contributed by atoms with Crippen LogP contribution in [0.5, 0.6) is 11.5 Å². The van der Waals surface area contributed by atoms with E-state index in [4.69, 9.17) is 23.7 Å². The summed E-state index contributed by atoms with van der Waals surface area (Å²) in [6, 6.07) is 40.5. The van der Waals surface area contributed by atoms with Crippen molar-refractivity contribution in [1.29, 1.82) is 0 Å². The summed E-state index contributed by atoms with van der Waals surface area (Å²) in [5.74, 6) is 0.830. The lowest BCUT2D eigenvalue weighted by Gasteiger charge is -2.26. The highest BCUT2D eigenvalue weighted by Gasteiger charge is 2.12. The second-order valence-corrected chi connectivity index (χ2v) is 11.5. The number of ether oxygens (including phenoxy) is 5. The monoisotopic (exact) mass is 683 g/mol. The Morgan fingerprint density at radius 3 is 1.59 bits per heavy atom. The molecule has 0 atom stereocenters. The van der Waals surface area contributed by atoms with Crippen molar-refractivity contribution in [2.75, 3.05) is 38.4 Å². The van der Waals surface area contributed by atoms with E-state index in [0.717, 1.165) is 45.1 Å². The molecule has 260 valence electrons. The Balaban J connectivity index is 1.22. The average molecular weight is 684 g/mol. The Hall–Kier alpha value is -6.12. The van der Waals surface area contributed by atoms with Gasteiger partial charge in [-0.05, 0) is 89.8 Å². The summed E-state index contributed by atoms with van der Waals surface area (Å²) in [6.45, 7) is 3.96. The number of aryl methyl sites for hydroxylation is 1. The zero-order valence-corrected chi connectivity index (χ0v) is 29.0. The van der Waals surface area contributed by atoms with Gasteiger partial charge in [-0.15, -0.1) is 0 Å². The molecular formula is C43H41NO7. The van der Waals surface area contributed by atoms with Gasteiger partial charge >= 0.3 is 12.1 Å². The Labute approximate surface area is 299 Å². The van der Waals surface area contributed by atoms with E-state index in [1.807, 2.05) is 48.6 Å². The van der Waals surface area contributed by atoms with Gasteiger partial charge in [-0.1, -0.05) is 90.5 Å². The molecule has 0 saturated carbocycles. The first-order chi connectivity index (χ1) is 24.9. The highest BCUT2D eigenvalue weighted by atomic mass is 16.7. The van der Waals surface area contributed by atoms with E-state index in [-0.39, 0.29) is 32.4 Å². The third kappa shape index (κ3) is 11.5. The van der Waals surface area contributed by atoms with E-state index in [0.29, 0.717) is 5.75 Å². The Morgan fingerprint density at radius 2 is 1.06 bits per heavy atom. The van der Waals surface area contributed by atoms with Crippen LogP contribution in [0, 0.1) is 6.92 Å². The van der Waals surface area contributed by atoms with Crippen LogP contribution in [0.2, 0.25) is 0 Å². The minimum absolute atomic E-state index is 0.0177. The van der Waals surface area contributed by atoms with E-state index in [2.05, 4.69) is 96.8 Å². The van der Waals surface area contributed by atoms with Crippen LogP contribution in [-0.2, 0) is 19.0 Å². The number of hydrogen-bond acceptors (Lipinski definition) is 8. The van der Waals surface area contributed by atoms with Gasteiger partial charge in [-0.25, -0.2) is 4.79 Å². The summed E-state index contributed by atoms with van der Waals surface area (Å²) in [5.41, 5.74) is 8.42. The first-order valence-corrected chi connectivity index (χ1v) is 16.6. The molecule has 0 aromatic heterocycles. The van der Waals surface area contributed by atoms with Gasteiger partial charge in [0.15, 0.2) is 0 Å². The molecule has 0 saturated heterocycles. The Kier molecular flexibility index (Phi) is 13.2. The number of rotatable bonds is 15. The van der Waals surface area contributed by atoms with Crippen molar-refractivity contribution in [3.8, 4) is 11.5 Å². The number of carbonyl (C=O) groups excluding carboxylic acids is 2. The number of nitrogens with zero attached hydrogens (tertiary/aromatic N) is 1. The SMILES string of the molecule is COc1ccc(/C=C/c2ccc(N(c3ccc(C)cc3)c3ccc(/C=C/c4cccc(OC(=O)OCCOCCOC(C)=O)c4)cc3)cc2)cc1. The van der Waals surface area contributed by atoms with Crippen molar-refractivity contribution in [3.63, 3.8) is 0 Å². The third-order valence-corrected chi connectivity index (χ3v) is 7.69. The van der Waals surface area contributed by atoms with Crippen molar-refractivity contribution in [1.82, 2.24) is 0 Å². The normalized spacial score (nSPS) is 11.0. The van der Waals surface area contributed by atoms with Gasteiger partial charge < -0.3 is 28.6 Å². The number of methoxy groups -OCH3 is 1. The van der Waals surface area contributed by atoms with Gasteiger partial charge in [-0.3, -0.25) is 4.79 Å². The molecule has 5 rings (SSSR count). The van der Waals surface area contributed by atoms with Gasteiger partial charge in [0.2, 0.25) is 0 Å². The zero-order valence-electron chi connectivity index (χ0n) is 29.0. The van der Waals surface area contributed by atoms with Crippen LogP contribution >= 0.6 is 0 Å². The topological polar surface area (TPSA) is 83.5 Å². The molecule has 0 amide bonds. The third-order valence-electron chi connectivity index (χ3n) is 7.69. The van der Waals surface area contributed by atoms with Crippen molar-refractivity contribution in [3.05, 3.63) is 149 Å². The van der Waals surface area contributed by atoms with E-state index in [1.54, 1.807) is 19.2 Å². The molecule has 8 nitrogen and oxygen atoms in total. The predicted octanol–water partition coefficient (Wildman–Crippen LogP) is 9.91. The van der Waals surface area contributed by atoms with Crippen LogP contribution in [-0.4, -0.2) is 45.7 Å². The minimum Gasteiger partial charge on any atom is -0.497 e. The van der Waals surface area contributed by atoms with Crippen molar-refractivity contribution < 1.29 is 33.3 Å². The quantitative estimate of drug-likeness (QED) is 0.0467. The molecule has 8 heteroatoms. The number of carbonyl (C=O) groups is 2. The molecule has 0 spiro atoms. The van der Waals surface area contributed by atoms with Crippen molar-refractivity contribution in [2.45, 2.75) is 13.8 Å². The number of hydrogen-bond donors (Lipinski definition) is 0. The maximum Gasteiger partial charge on any atom is 0.513 e. The number of esters is 1. The summed E-state index contributed by atoms with van der Waals surface area (Å²) in [5, 5.41) is 0. The fraction of sp³-hybridized carbons (Fsp3) is 0.163. The fourth-order valence-corrected chi connectivity index (χ4v) is 5.05. The highest BCUT2D eigenvalue weighted by Crippen LogP contribution is 2.35. The lowest BCUT2D eigenvalue weighted by molar-refractivity contribution is -0.142. The Morgan fingerprint density at radius 1 is 0.569 bits per heavy atom. The van der Waals surface area contributed by atoms with Crippen LogP contribution in [0.1, 0.15) is 34.7 Å². The lowest BCUT2D eigenvalue weighted by atomic mass is 10.1. The maximum atomic E-state index is 12.1. The largest absolute Gasteiger partial charge is 0.513 e. The number of benzene rings is 5.